The zero-order chi connectivity index (χ0) is 39.6. The predicted molar refractivity (Wildman–Crippen MR) is 251 cm³/mol. The molecule has 5 heteroatoms. The summed E-state index contributed by atoms with van der Waals surface area (Å²) in [5.41, 5.74) is 14.5. The molecule has 60 heavy (non-hydrogen) atoms. The Labute approximate surface area is 352 Å². The molecule has 2 aromatic heterocycles. The SMILES string of the molecule is C1=Cc2c(n(-c3ccc(-c4nc(-c5ccccc5)c5ccccc5n4)cc3)c3ccc4ccccc4c23)C(c2ccc3c(c2)N(c2ccccc2)c2ccccc2S3)=CC1. The predicted octanol–water partition coefficient (Wildman–Crippen LogP) is 14.8. The molecule has 0 radical (unpaired) electrons. The second-order valence-electron chi connectivity index (χ2n) is 15.3. The first-order valence-electron chi connectivity index (χ1n) is 20.4. The number of fused-ring (bicyclic) bond motifs is 8. The number of hydrogen-bond donors (Lipinski definition) is 0. The van der Waals surface area contributed by atoms with Crippen LogP contribution in [0.3, 0.4) is 0 Å². The van der Waals surface area contributed by atoms with Crippen molar-refractivity contribution in [3.05, 3.63) is 217 Å². The van der Waals surface area contributed by atoms with Gasteiger partial charge in [0.15, 0.2) is 5.82 Å². The molecular formula is C55H36N4S. The smallest absolute Gasteiger partial charge is 0.160 e. The van der Waals surface area contributed by atoms with E-state index in [4.69, 9.17) is 9.97 Å². The Morgan fingerprint density at radius 3 is 2.10 bits per heavy atom. The molecule has 8 aromatic carbocycles. The summed E-state index contributed by atoms with van der Waals surface area (Å²) < 4.78 is 2.47. The van der Waals surface area contributed by atoms with Gasteiger partial charge in [0.1, 0.15) is 0 Å². The molecule has 0 saturated carbocycles. The van der Waals surface area contributed by atoms with Gasteiger partial charge >= 0.3 is 0 Å². The van der Waals surface area contributed by atoms with Crippen LogP contribution in [0.1, 0.15) is 23.2 Å². The Kier molecular flexibility index (Phi) is 8.13. The van der Waals surface area contributed by atoms with E-state index in [9.17, 15) is 0 Å². The van der Waals surface area contributed by atoms with Crippen LogP contribution in [-0.4, -0.2) is 14.5 Å². The van der Waals surface area contributed by atoms with Crippen LogP contribution in [0.2, 0.25) is 0 Å². The average Bonchev–Trinajstić information content (AvgIpc) is 3.49. The first kappa shape index (κ1) is 34.6. The zero-order valence-electron chi connectivity index (χ0n) is 32.5. The summed E-state index contributed by atoms with van der Waals surface area (Å²) in [6.45, 7) is 0. The Bertz CT molecular complexity index is 3360. The molecule has 4 nitrogen and oxygen atoms in total. The molecule has 12 rings (SSSR count). The topological polar surface area (TPSA) is 34.0 Å². The van der Waals surface area contributed by atoms with Crippen molar-refractivity contribution in [2.24, 2.45) is 0 Å². The lowest BCUT2D eigenvalue weighted by Gasteiger charge is -2.33. The molecule has 0 amide bonds. The van der Waals surface area contributed by atoms with Crippen LogP contribution in [0.25, 0.3) is 72.6 Å². The number of rotatable bonds is 5. The number of para-hydroxylation sites is 3. The number of aromatic nitrogens is 3. The third-order valence-electron chi connectivity index (χ3n) is 11.8. The van der Waals surface area contributed by atoms with Crippen molar-refractivity contribution in [3.8, 4) is 28.3 Å². The van der Waals surface area contributed by atoms with E-state index in [-0.39, 0.29) is 0 Å². The minimum Gasteiger partial charge on any atom is -0.309 e. The fourth-order valence-electron chi connectivity index (χ4n) is 9.07. The monoisotopic (exact) mass is 784 g/mol. The first-order valence-corrected chi connectivity index (χ1v) is 21.2. The second kappa shape index (κ2) is 14.1. The number of nitrogens with zero attached hydrogens (tertiary/aromatic N) is 4. The van der Waals surface area contributed by atoms with Gasteiger partial charge in [0.05, 0.1) is 33.8 Å². The summed E-state index contributed by atoms with van der Waals surface area (Å²) in [4.78, 5) is 15.2. The zero-order valence-corrected chi connectivity index (χ0v) is 33.4. The Hall–Kier alpha value is -7.47. The van der Waals surface area contributed by atoms with Crippen LogP contribution in [0.4, 0.5) is 17.1 Å². The summed E-state index contributed by atoms with van der Waals surface area (Å²) in [5.74, 6) is 0.710. The fraction of sp³-hybridized carbons (Fsp3) is 0.0182. The van der Waals surface area contributed by atoms with Crippen LogP contribution in [0.15, 0.2) is 210 Å². The number of benzene rings is 8. The average molecular weight is 785 g/mol. The maximum Gasteiger partial charge on any atom is 0.160 e. The van der Waals surface area contributed by atoms with E-state index in [0.717, 1.165) is 45.5 Å². The van der Waals surface area contributed by atoms with Gasteiger partial charge in [-0.05, 0) is 95.6 Å². The highest BCUT2D eigenvalue weighted by Crippen LogP contribution is 2.52. The molecule has 2 aliphatic rings. The largest absolute Gasteiger partial charge is 0.309 e. The molecule has 1 aliphatic heterocycles. The number of anilines is 3. The standard InChI is InChI=1S/C55H36N4S/c1-3-16-37(17-4-1)53-44-22-11-12-24-46(44)56-55(57-53)38-27-31-41(32-28-38)59-48-33-29-36-15-7-8-20-42(36)52(48)45-23-10-9-21-43(54(45)59)39-30-34-51-49(35-39)58(40-18-5-2-6-19-40)47-25-13-14-26-50(47)60-51/h1-8,10-35H,9H2. The minimum atomic E-state index is 0.710. The van der Waals surface area contributed by atoms with Gasteiger partial charge < -0.3 is 9.47 Å². The van der Waals surface area contributed by atoms with Crippen molar-refractivity contribution in [3.63, 3.8) is 0 Å². The highest BCUT2D eigenvalue weighted by Gasteiger charge is 2.28. The Morgan fingerprint density at radius 1 is 0.517 bits per heavy atom. The van der Waals surface area contributed by atoms with Crippen molar-refractivity contribution in [2.45, 2.75) is 16.2 Å². The third-order valence-corrected chi connectivity index (χ3v) is 12.9. The molecule has 0 bridgehead atoms. The van der Waals surface area contributed by atoms with Crippen molar-refractivity contribution >= 4 is 73.1 Å². The molecular weight excluding hydrogens is 749 g/mol. The molecule has 0 N–H and O–H groups in total. The summed E-state index contributed by atoms with van der Waals surface area (Å²) in [7, 11) is 0. The highest BCUT2D eigenvalue weighted by atomic mass is 32.2. The van der Waals surface area contributed by atoms with Gasteiger partial charge in [-0.25, -0.2) is 9.97 Å². The van der Waals surface area contributed by atoms with Crippen molar-refractivity contribution in [1.82, 2.24) is 14.5 Å². The van der Waals surface area contributed by atoms with Crippen LogP contribution >= 0.6 is 11.8 Å². The van der Waals surface area contributed by atoms with Crippen molar-refractivity contribution in [2.75, 3.05) is 4.90 Å². The lowest BCUT2D eigenvalue weighted by atomic mass is 9.96. The van der Waals surface area contributed by atoms with E-state index in [1.165, 1.54) is 65.2 Å². The van der Waals surface area contributed by atoms with Crippen LogP contribution in [-0.2, 0) is 0 Å². The molecule has 3 heterocycles. The maximum atomic E-state index is 5.19. The Morgan fingerprint density at radius 2 is 1.23 bits per heavy atom. The van der Waals surface area contributed by atoms with Gasteiger partial charge in [0.2, 0.25) is 0 Å². The van der Waals surface area contributed by atoms with E-state index in [2.05, 4.69) is 204 Å². The molecule has 0 spiro atoms. The maximum absolute atomic E-state index is 5.19. The summed E-state index contributed by atoms with van der Waals surface area (Å²) in [6.07, 6.45) is 7.88. The minimum absolute atomic E-state index is 0.710. The second-order valence-corrected chi connectivity index (χ2v) is 16.4. The molecule has 1 aliphatic carbocycles. The summed E-state index contributed by atoms with van der Waals surface area (Å²) >= 11 is 1.84. The molecule has 10 aromatic rings. The normalized spacial score (nSPS) is 13.2. The molecule has 0 fully saturated rings. The van der Waals surface area contributed by atoms with Gasteiger partial charge in [-0.1, -0.05) is 145 Å². The van der Waals surface area contributed by atoms with Gasteiger partial charge in [-0.3, -0.25) is 0 Å². The van der Waals surface area contributed by atoms with Crippen LogP contribution < -0.4 is 4.90 Å². The first-order chi connectivity index (χ1) is 29.8. The molecule has 0 unspecified atom stereocenters. The molecule has 0 saturated heterocycles. The van der Waals surface area contributed by atoms with E-state index >= 15 is 0 Å². The number of hydrogen-bond acceptors (Lipinski definition) is 4. The lowest BCUT2D eigenvalue weighted by molar-refractivity contribution is 1.09. The molecule has 0 atom stereocenters. The molecule has 282 valence electrons. The van der Waals surface area contributed by atoms with Crippen molar-refractivity contribution in [1.29, 1.82) is 0 Å². The van der Waals surface area contributed by atoms with Gasteiger partial charge in [0.25, 0.3) is 0 Å². The lowest BCUT2D eigenvalue weighted by Crippen LogP contribution is -2.15. The van der Waals surface area contributed by atoms with Crippen LogP contribution in [0, 0.1) is 0 Å². The number of allylic oxidation sites excluding steroid dienone is 2. The van der Waals surface area contributed by atoms with Crippen LogP contribution in [0.5, 0.6) is 0 Å². The van der Waals surface area contributed by atoms with E-state index in [1.54, 1.807) is 0 Å². The van der Waals surface area contributed by atoms with Gasteiger partial charge in [-0.15, -0.1) is 0 Å². The van der Waals surface area contributed by atoms with Gasteiger partial charge in [-0.2, -0.15) is 0 Å². The summed E-state index contributed by atoms with van der Waals surface area (Å²) in [5, 5.41) is 4.78. The third kappa shape index (κ3) is 5.62. The van der Waals surface area contributed by atoms with E-state index in [0.29, 0.717) is 5.82 Å². The quantitative estimate of drug-likeness (QED) is 0.174. The van der Waals surface area contributed by atoms with E-state index in [1.807, 2.05) is 23.9 Å². The Balaban J connectivity index is 1.05. The summed E-state index contributed by atoms with van der Waals surface area (Å²) in [6, 6.07) is 67.3. The highest BCUT2D eigenvalue weighted by molar-refractivity contribution is 7.99. The van der Waals surface area contributed by atoms with Crippen molar-refractivity contribution < 1.29 is 0 Å². The fourth-order valence-corrected chi connectivity index (χ4v) is 10.1. The van der Waals surface area contributed by atoms with Gasteiger partial charge in [0, 0.05) is 54.2 Å². The van der Waals surface area contributed by atoms with E-state index < -0.39 is 0 Å².